The van der Waals surface area contributed by atoms with Crippen molar-refractivity contribution in [2.45, 2.75) is 43.2 Å². The van der Waals surface area contributed by atoms with Crippen LogP contribution in [0.15, 0.2) is 39.8 Å². The van der Waals surface area contributed by atoms with Crippen LogP contribution in [-0.4, -0.2) is 64.9 Å². The van der Waals surface area contributed by atoms with E-state index in [4.69, 9.17) is 16.3 Å². The van der Waals surface area contributed by atoms with E-state index in [1.54, 1.807) is 0 Å². The summed E-state index contributed by atoms with van der Waals surface area (Å²) in [5, 5.41) is 15.0. The van der Waals surface area contributed by atoms with Crippen molar-refractivity contribution < 1.29 is 32.6 Å². The molecular weight excluding hydrogens is 533 g/mol. The molecule has 0 radical (unpaired) electrons. The lowest BCUT2D eigenvalue weighted by Crippen LogP contribution is -2.43. The summed E-state index contributed by atoms with van der Waals surface area (Å²) >= 11 is 7.67. The van der Waals surface area contributed by atoms with Crippen molar-refractivity contribution in [3.63, 3.8) is 0 Å². The van der Waals surface area contributed by atoms with E-state index in [0.29, 0.717) is 16.5 Å². The zero-order valence-corrected chi connectivity index (χ0v) is 21.1. The predicted molar refractivity (Wildman–Crippen MR) is 130 cm³/mol. The number of likely N-dealkylation sites (tertiary alicyclic amines) is 1. The molecule has 2 atom stereocenters. The lowest BCUT2D eigenvalue weighted by atomic mass is 9.95. The molecule has 0 spiro atoms. The molecule has 1 aliphatic carbocycles. The van der Waals surface area contributed by atoms with Crippen molar-refractivity contribution >= 4 is 40.7 Å². The van der Waals surface area contributed by atoms with Gasteiger partial charge < -0.3 is 15.2 Å². The van der Waals surface area contributed by atoms with Crippen molar-refractivity contribution in [2.75, 3.05) is 20.2 Å². The zero-order chi connectivity index (χ0) is 26.5. The number of nitrogens with one attached hydrogen (secondary N) is 1. The van der Waals surface area contributed by atoms with Gasteiger partial charge in [0.1, 0.15) is 17.9 Å². The van der Waals surface area contributed by atoms with Crippen LogP contribution in [0, 0.1) is 5.82 Å². The lowest BCUT2D eigenvalue weighted by molar-refractivity contribution is -0.142. The number of methoxy groups -OCH3 is 1. The van der Waals surface area contributed by atoms with Crippen molar-refractivity contribution in [3.05, 3.63) is 62.0 Å². The summed E-state index contributed by atoms with van der Waals surface area (Å²) in [6.45, 7) is -1.13. The van der Waals surface area contributed by atoms with E-state index in [-0.39, 0.29) is 28.7 Å². The number of amidine groups is 1. The summed E-state index contributed by atoms with van der Waals surface area (Å²) in [5.74, 6) is -5.37. The quantitative estimate of drug-likeness (QED) is 0.496. The van der Waals surface area contributed by atoms with Crippen LogP contribution >= 0.6 is 22.9 Å². The van der Waals surface area contributed by atoms with E-state index >= 15 is 0 Å². The van der Waals surface area contributed by atoms with Crippen LogP contribution in [0.25, 0.3) is 0 Å². The number of rotatable bonds is 7. The molecule has 1 aromatic heterocycles. The number of nitrogens with zero attached hydrogens (tertiary/aromatic N) is 3. The summed E-state index contributed by atoms with van der Waals surface area (Å²) < 4.78 is 47.2. The van der Waals surface area contributed by atoms with Crippen LogP contribution < -0.4 is 5.32 Å². The Hall–Kier alpha value is -2.96. The smallest absolute Gasteiger partial charge is 0.338 e. The van der Waals surface area contributed by atoms with Gasteiger partial charge in [0, 0.05) is 40.5 Å². The van der Waals surface area contributed by atoms with Gasteiger partial charge in [-0.2, -0.15) is 0 Å². The largest absolute Gasteiger partial charge is 0.480 e. The number of benzene rings is 1. The highest BCUT2D eigenvalue weighted by Gasteiger charge is 2.49. The Morgan fingerprint density at radius 2 is 2.11 bits per heavy atom. The first-order valence-corrected chi connectivity index (χ1v) is 12.7. The number of carboxylic acids is 1. The number of carboxylic acid groups (broad SMARTS) is 1. The summed E-state index contributed by atoms with van der Waals surface area (Å²) in [6.07, 6.45) is 1.22. The Morgan fingerprint density at radius 3 is 2.76 bits per heavy atom. The number of ether oxygens (including phenoxy) is 1. The first-order valence-electron chi connectivity index (χ1n) is 11.5. The minimum atomic E-state index is -3.21. The molecular formula is C24H22ClF3N4O4S. The molecule has 0 unspecified atom stereocenters. The van der Waals surface area contributed by atoms with E-state index in [1.807, 2.05) is 5.38 Å². The van der Waals surface area contributed by atoms with Gasteiger partial charge in [-0.05, 0) is 25.0 Å². The molecule has 5 rings (SSSR count). The Kier molecular flexibility index (Phi) is 6.75. The molecule has 37 heavy (non-hydrogen) atoms. The number of carbonyl (C=O) groups is 2. The Balaban J connectivity index is 1.61. The molecule has 8 nitrogen and oxygen atoms in total. The van der Waals surface area contributed by atoms with Crippen molar-refractivity contribution in [1.29, 1.82) is 0 Å². The highest BCUT2D eigenvalue weighted by atomic mass is 35.5. The summed E-state index contributed by atoms with van der Waals surface area (Å²) in [7, 11) is 1.16. The highest BCUT2D eigenvalue weighted by molar-refractivity contribution is 7.11. The maximum Gasteiger partial charge on any atom is 0.338 e. The number of aromatic nitrogens is 1. The second-order valence-corrected chi connectivity index (χ2v) is 10.5. The third kappa shape index (κ3) is 5.23. The summed E-state index contributed by atoms with van der Waals surface area (Å²) in [4.78, 5) is 35.2. The SMILES string of the molecule is COC(=O)C1=C(CN2CC(F)(F)C[C@H]2C(=O)O)NC(c2nc(C3CC3)cs2)=N[C@H]1c1ccc(F)cc1Cl. The lowest BCUT2D eigenvalue weighted by Gasteiger charge is -2.30. The molecule has 0 bridgehead atoms. The Labute approximate surface area is 218 Å². The van der Waals surface area contributed by atoms with Gasteiger partial charge in [0.2, 0.25) is 0 Å². The number of aliphatic imine (C=N–C) groups is 1. The molecule has 3 heterocycles. The van der Waals surface area contributed by atoms with Gasteiger partial charge >= 0.3 is 11.9 Å². The average Bonchev–Trinajstić information content (AvgIpc) is 3.48. The zero-order valence-electron chi connectivity index (χ0n) is 19.5. The molecule has 2 N–H and O–H groups in total. The van der Waals surface area contributed by atoms with Gasteiger partial charge in [0.05, 0.1) is 24.9 Å². The maximum absolute atomic E-state index is 14.2. The second-order valence-electron chi connectivity index (χ2n) is 9.23. The van der Waals surface area contributed by atoms with E-state index < -0.39 is 48.7 Å². The average molecular weight is 555 g/mol. The van der Waals surface area contributed by atoms with Gasteiger partial charge in [0.25, 0.3) is 5.92 Å². The molecule has 2 aromatic rings. The molecule has 1 aromatic carbocycles. The normalized spacial score (nSPS) is 23.5. The molecule has 13 heteroatoms. The van der Waals surface area contributed by atoms with E-state index in [2.05, 4.69) is 15.3 Å². The summed E-state index contributed by atoms with van der Waals surface area (Å²) in [6, 6.07) is 1.10. The summed E-state index contributed by atoms with van der Waals surface area (Å²) in [5.41, 5.74) is 1.29. The molecule has 3 aliphatic rings. The fourth-order valence-electron chi connectivity index (χ4n) is 4.59. The molecule has 196 valence electrons. The number of hydrogen-bond donors (Lipinski definition) is 2. The molecule has 1 saturated carbocycles. The third-order valence-corrected chi connectivity index (χ3v) is 7.72. The van der Waals surface area contributed by atoms with Crippen LogP contribution in [0.3, 0.4) is 0 Å². The van der Waals surface area contributed by atoms with Gasteiger partial charge in [-0.15, -0.1) is 11.3 Å². The molecule has 2 aliphatic heterocycles. The van der Waals surface area contributed by atoms with Crippen molar-refractivity contribution in [2.24, 2.45) is 4.99 Å². The molecule has 1 saturated heterocycles. The highest BCUT2D eigenvalue weighted by Crippen LogP contribution is 2.41. The number of aliphatic carboxylic acids is 1. The number of halogens is 4. The van der Waals surface area contributed by atoms with Gasteiger partial charge in [-0.1, -0.05) is 17.7 Å². The van der Waals surface area contributed by atoms with E-state index in [1.165, 1.54) is 23.5 Å². The first kappa shape index (κ1) is 25.7. The first-order chi connectivity index (χ1) is 17.6. The maximum atomic E-state index is 14.2. The van der Waals surface area contributed by atoms with E-state index in [0.717, 1.165) is 36.6 Å². The molecule has 0 amide bonds. The number of hydrogen-bond acceptors (Lipinski definition) is 8. The van der Waals surface area contributed by atoms with Crippen LogP contribution in [0.1, 0.15) is 47.5 Å². The van der Waals surface area contributed by atoms with Crippen LogP contribution in [0.5, 0.6) is 0 Å². The minimum Gasteiger partial charge on any atom is -0.480 e. The topological polar surface area (TPSA) is 104 Å². The number of alkyl halides is 2. The van der Waals surface area contributed by atoms with Crippen LogP contribution in [0.2, 0.25) is 5.02 Å². The Morgan fingerprint density at radius 1 is 1.35 bits per heavy atom. The Bertz CT molecular complexity index is 1330. The van der Waals surface area contributed by atoms with E-state index in [9.17, 15) is 27.9 Å². The van der Waals surface area contributed by atoms with Crippen molar-refractivity contribution in [1.82, 2.24) is 15.2 Å². The fourth-order valence-corrected chi connectivity index (χ4v) is 5.71. The standard InChI is InChI=1S/C24H22ClF3N4O4S/c1-36-23(35)18-15(8-32-10-24(27,28)7-17(32)22(33)34)29-20(21-30-16(9-37-21)11-2-3-11)31-19(18)13-5-4-12(26)6-14(13)25/h4-6,9,11,17,19H,2-3,7-8,10H2,1H3,(H,29,31)(H,33,34)/t17-,19-/m0/s1. The van der Waals surface area contributed by atoms with Crippen LogP contribution in [-0.2, 0) is 14.3 Å². The number of thiazole rings is 1. The van der Waals surface area contributed by atoms with Gasteiger partial charge in [0.15, 0.2) is 10.8 Å². The van der Waals surface area contributed by atoms with Crippen LogP contribution in [0.4, 0.5) is 13.2 Å². The van der Waals surface area contributed by atoms with Gasteiger partial charge in [-0.3, -0.25) is 14.7 Å². The monoisotopic (exact) mass is 554 g/mol. The number of esters is 1. The van der Waals surface area contributed by atoms with Crippen molar-refractivity contribution in [3.8, 4) is 0 Å². The van der Waals surface area contributed by atoms with Gasteiger partial charge in [-0.25, -0.2) is 22.9 Å². The second kappa shape index (κ2) is 9.73. The fraction of sp³-hybridized carbons (Fsp3) is 0.417. The number of carbonyl (C=O) groups excluding carboxylic acids is 1. The minimum absolute atomic E-state index is 0.00433. The predicted octanol–water partition coefficient (Wildman–Crippen LogP) is 4.13. The third-order valence-electron chi connectivity index (χ3n) is 6.52. The molecule has 2 fully saturated rings.